The smallest absolute Gasteiger partial charge is 0.208 e. The Morgan fingerprint density at radius 2 is 1.84 bits per heavy atom. The quantitative estimate of drug-likeness (QED) is 0.600. The van der Waals surface area contributed by atoms with Crippen molar-refractivity contribution in [3.63, 3.8) is 0 Å². The first-order valence-corrected chi connectivity index (χ1v) is 10.00. The van der Waals surface area contributed by atoms with Crippen LogP contribution in [0, 0.1) is 18.1 Å². The molecule has 1 aliphatic rings. The summed E-state index contributed by atoms with van der Waals surface area (Å²) in [6, 6.07) is 10.4. The average Bonchev–Trinajstić information content (AvgIpc) is 2.67. The molecule has 0 saturated carbocycles. The molecule has 0 atom stereocenters. The Balaban J connectivity index is 2.06. The van der Waals surface area contributed by atoms with Gasteiger partial charge in [0.15, 0.2) is 0 Å². The van der Waals surface area contributed by atoms with Gasteiger partial charge in [-0.2, -0.15) is 0 Å². The third kappa shape index (κ3) is 4.18. The Kier molecular flexibility index (Phi) is 4.01. The van der Waals surface area contributed by atoms with Crippen LogP contribution in [0.2, 0.25) is 19.6 Å². The number of nitrogens with zero attached hydrogens (tertiary/aromatic N) is 2. The fourth-order valence-corrected chi connectivity index (χ4v) is 2.24. The van der Waals surface area contributed by atoms with Gasteiger partial charge >= 0.3 is 0 Å². The van der Waals surface area contributed by atoms with Gasteiger partial charge in [0.05, 0.1) is 0 Å². The summed E-state index contributed by atoms with van der Waals surface area (Å²) < 4.78 is 0. The largest absolute Gasteiger partial charge is 0.341 e. The summed E-state index contributed by atoms with van der Waals surface area (Å²) in [5, 5.41) is 0. The van der Waals surface area contributed by atoms with Gasteiger partial charge in [-0.1, -0.05) is 55.9 Å². The lowest BCUT2D eigenvalue weighted by atomic mass is 10.2. The lowest BCUT2D eigenvalue weighted by Crippen LogP contribution is -2.18. The molecule has 2 radical (unpaired) electrons. The van der Waals surface area contributed by atoms with Crippen LogP contribution < -0.4 is 0 Å². The van der Waals surface area contributed by atoms with E-state index in [-0.39, 0.29) is 0 Å². The second-order valence-corrected chi connectivity index (χ2v) is 10.5. The highest BCUT2D eigenvalue weighted by Crippen LogP contribution is 2.19. The topological polar surface area (TPSA) is 6.48 Å². The molecule has 0 spiro atoms. The van der Waals surface area contributed by atoms with E-state index in [2.05, 4.69) is 73.1 Å². The number of allylic oxidation sites excluding steroid dienone is 1. The summed E-state index contributed by atoms with van der Waals surface area (Å²) in [5.74, 6) is 3.28. The summed E-state index contributed by atoms with van der Waals surface area (Å²) in [7, 11) is 0.670. The van der Waals surface area contributed by atoms with Crippen molar-refractivity contribution >= 4 is 8.07 Å². The molecule has 0 fully saturated rings. The molecule has 1 aromatic rings. The number of benzene rings is 1. The Hall–Kier alpha value is -1.66. The first kappa shape index (κ1) is 13.8. The van der Waals surface area contributed by atoms with Crippen molar-refractivity contribution in [2.45, 2.75) is 26.2 Å². The van der Waals surface area contributed by atoms with E-state index in [1.807, 2.05) is 18.0 Å². The molecule has 0 aliphatic carbocycles. The first-order chi connectivity index (χ1) is 8.94. The highest BCUT2D eigenvalue weighted by Gasteiger charge is 2.18. The van der Waals surface area contributed by atoms with Crippen molar-refractivity contribution in [2.24, 2.45) is 0 Å². The van der Waals surface area contributed by atoms with E-state index in [1.165, 1.54) is 5.56 Å². The van der Waals surface area contributed by atoms with E-state index in [0.29, 0.717) is 0 Å². The van der Waals surface area contributed by atoms with Crippen molar-refractivity contribution in [3.05, 3.63) is 54.5 Å². The van der Waals surface area contributed by atoms with Gasteiger partial charge in [-0.25, -0.2) is 0 Å². The lowest BCUT2D eigenvalue weighted by molar-refractivity contribution is 0.370. The van der Waals surface area contributed by atoms with E-state index in [9.17, 15) is 0 Å². The second-order valence-electron chi connectivity index (χ2n) is 5.79. The second kappa shape index (κ2) is 5.54. The predicted molar refractivity (Wildman–Crippen MR) is 82.2 cm³/mol. The van der Waals surface area contributed by atoms with Crippen molar-refractivity contribution < 1.29 is 0 Å². The molecule has 98 valence electrons. The zero-order chi connectivity index (χ0) is 13.9. The van der Waals surface area contributed by atoms with Gasteiger partial charge in [0, 0.05) is 19.8 Å². The Morgan fingerprint density at radius 3 is 2.47 bits per heavy atom. The van der Waals surface area contributed by atoms with Crippen LogP contribution >= 0.6 is 0 Å². The molecule has 0 unspecified atom stereocenters. The van der Waals surface area contributed by atoms with Gasteiger partial charge in [0.25, 0.3) is 0 Å². The third-order valence-electron chi connectivity index (χ3n) is 2.68. The molecule has 3 heteroatoms. The Labute approximate surface area is 117 Å². The lowest BCUT2D eigenvalue weighted by Gasteiger charge is -2.15. The van der Waals surface area contributed by atoms with Crippen molar-refractivity contribution in [2.75, 3.05) is 7.05 Å². The van der Waals surface area contributed by atoms with Crippen LogP contribution in [-0.2, 0) is 6.54 Å². The molecule has 0 aromatic heterocycles. The van der Waals surface area contributed by atoms with Crippen molar-refractivity contribution in [1.29, 1.82) is 0 Å². The number of hydrogen-bond donors (Lipinski definition) is 0. The Bertz CT molecular complexity index is 517. The number of hydrogen-bond acceptors (Lipinski definition) is 2. The van der Waals surface area contributed by atoms with Gasteiger partial charge in [-0.3, -0.25) is 0 Å². The molecule has 0 N–H and O–H groups in total. The first-order valence-electron chi connectivity index (χ1n) is 6.50. The van der Waals surface area contributed by atoms with Crippen molar-refractivity contribution in [1.82, 2.24) is 9.80 Å². The minimum Gasteiger partial charge on any atom is -0.341 e. The molecule has 1 heterocycles. The minimum atomic E-state index is -1.33. The maximum atomic E-state index is 3.39. The third-order valence-corrected chi connectivity index (χ3v) is 3.55. The van der Waals surface area contributed by atoms with E-state index in [1.54, 1.807) is 0 Å². The van der Waals surface area contributed by atoms with Crippen LogP contribution in [-0.4, -0.2) is 24.9 Å². The standard InChI is InChI=1S/C16H20N2Si/c1-17-14-18(12-15-8-6-5-7-9-15)13-16(17)10-11-19(2,3)4/h5-9,13H,12H2,1-4H3. The molecule has 1 aliphatic heterocycles. The van der Waals surface area contributed by atoms with E-state index < -0.39 is 8.07 Å². The summed E-state index contributed by atoms with van der Waals surface area (Å²) in [5.41, 5.74) is 5.69. The SMILES string of the molecule is CN1[C]N(Cc2ccccc2)C=C1C#C[Si](C)(C)C. The molecular weight excluding hydrogens is 248 g/mol. The van der Waals surface area contributed by atoms with Gasteiger partial charge in [-0.15, -0.1) is 5.54 Å². The molecule has 0 saturated heterocycles. The van der Waals surface area contributed by atoms with Gasteiger partial charge in [-0.05, 0) is 5.56 Å². The fourth-order valence-electron chi connectivity index (χ4n) is 1.74. The average molecular weight is 268 g/mol. The summed E-state index contributed by atoms with van der Waals surface area (Å²) in [4.78, 5) is 4.03. The Morgan fingerprint density at radius 1 is 1.16 bits per heavy atom. The summed E-state index contributed by atoms with van der Waals surface area (Å²) >= 11 is 0. The molecule has 2 rings (SSSR count). The predicted octanol–water partition coefficient (Wildman–Crippen LogP) is 3.15. The van der Waals surface area contributed by atoms with Gasteiger partial charge in [0.2, 0.25) is 6.67 Å². The van der Waals surface area contributed by atoms with E-state index in [0.717, 1.165) is 12.2 Å². The van der Waals surface area contributed by atoms with Gasteiger partial charge < -0.3 is 9.80 Å². The molecule has 19 heavy (non-hydrogen) atoms. The van der Waals surface area contributed by atoms with Crippen molar-refractivity contribution in [3.8, 4) is 11.5 Å². The molecular formula is C16H20N2Si. The molecule has 0 amide bonds. The maximum Gasteiger partial charge on any atom is 0.208 e. The number of rotatable bonds is 2. The fraction of sp³-hybridized carbons (Fsp3) is 0.312. The van der Waals surface area contributed by atoms with Crippen LogP contribution in [0.25, 0.3) is 0 Å². The van der Waals surface area contributed by atoms with E-state index in [4.69, 9.17) is 0 Å². The maximum absolute atomic E-state index is 3.39. The van der Waals surface area contributed by atoms with Crippen LogP contribution in [0.4, 0.5) is 0 Å². The van der Waals surface area contributed by atoms with Crippen LogP contribution in [0.1, 0.15) is 5.56 Å². The van der Waals surface area contributed by atoms with E-state index >= 15 is 0 Å². The molecule has 0 bridgehead atoms. The summed E-state index contributed by atoms with van der Waals surface area (Å²) in [6.07, 6.45) is 2.07. The molecule has 1 aromatic carbocycles. The highest BCUT2D eigenvalue weighted by molar-refractivity contribution is 6.83. The summed E-state index contributed by atoms with van der Waals surface area (Å²) in [6.45, 7) is 10.9. The molecule has 2 nitrogen and oxygen atoms in total. The minimum absolute atomic E-state index is 0.837. The van der Waals surface area contributed by atoms with Crippen LogP contribution in [0.5, 0.6) is 0 Å². The monoisotopic (exact) mass is 268 g/mol. The zero-order valence-electron chi connectivity index (χ0n) is 12.1. The normalized spacial score (nSPS) is 15.1. The highest BCUT2D eigenvalue weighted by atomic mass is 28.3. The van der Waals surface area contributed by atoms with Crippen LogP contribution in [0.3, 0.4) is 0 Å². The van der Waals surface area contributed by atoms with Crippen LogP contribution in [0.15, 0.2) is 42.2 Å². The van der Waals surface area contributed by atoms with Gasteiger partial charge in [0.1, 0.15) is 13.8 Å². The zero-order valence-corrected chi connectivity index (χ0v) is 13.1.